The minimum atomic E-state index is 1.37. The highest BCUT2D eigenvalue weighted by Gasteiger charge is 1.98. The molecule has 0 heterocycles. The Morgan fingerprint density at radius 3 is 0.500 bits per heavy atom. The highest BCUT2D eigenvalue weighted by molar-refractivity contribution is 4.65. The van der Waals surface area contributed by atoms with Crippen molar-refractivity contribution in [1.29, 1.82) is 0 Å². The predicted molar refractivity (Wildman–Crippen MR) is 196 cm³/mol. The minimum Gasteiger partial charge on any atom is -0.0654 e. The molecule has 0 aromatic carbocycles. The Balaban J connectivity index is 3.02. The summed E-state index contributed by atoms with van der Waals surface area (Å²) in [7, 11) is 0. The Kier molecular flexibility index (Phi) is 41.0. The van der Waals surface area contributed by atoms with Crippen LogP contribution in [-0.4, -0.2) is 0 Å². The van der Waals surface area contributed by atoms with Crippen molar-refractivity contribution < 1.29 is 0 Å². The first-order chi connectivity index (χ1) is 20.9. The number of hydrogen-bond acceptors (Lipinski definition) is 0. The quantitative estimate of drug-likeness (QED) is 0.0625. The van der Waals surface area contributed by atoms with Crippen LogP contribution in [0.1, 0.15) is 264 Å². The molecule has 0 heteroatoms. The van der Waals surface area contributed by atoms with Crippen molar-refractivity contribution in [2.45, 2.75) is 264 Å². The lowest BCUT2D eigenvalue weighted by Crippen LogP contribution is -1.85. The summed E-state index contributed by atoms with van der Waals surface area (Å²) in [6.45, 7) is 4.62. The first-order valence-electron chi connectivity index (χ1n) is 20.7. The zero-order chi connectivity index (χ0) is 30.3. The van der Waals surface area contributed by atoms with Crippen molar-refractivity contribution in [3.05, 3.63) is 6.42 Å². The Hall–Kier alpha value is 0. The molecule has 0 fully saturated rings. The van der Waals surface area contributed by atoms with E-state index in [9.17, 15) is 0 Å². The minimum absolute atomic E-state index is 1.37. The molecule has 0 nitrogen and oxygen atoms in total. The molecule has 0 unspecified atom stereocenters. The standard InChI is InChI=1S/C42H85/c1-3-5-7-9-11-13-15-17-19-21-23-25-27-29-31-33-35-37-39-41-42-40-38-36-34-32-30-28-26-24-22-20-18-16-14-12-10-8-6-4-2/h29H,3-28,30-42H2,1-2H3. The van der Waals surface area contributed by atoms with Gasteiger partial charge >= 0.3 is 0 Å². The van der Waals surface area contributed by atoms with Crippen LogP contribution in [0.2, 0.25) is 0 Å². The fraction of sp³-hybridized carbons (Fsp3) is 0.976. The molecule has 1 radical (unpaired) electrons. The molecule has 0 amide bonds. The third-order valence-corrected chi connectivity index (χ3v) is 9.77. The van der Waals surface area contributed by atoms with E-state index >= 15 is 0 Å². The van der Waals surface area contributed by atoms with Crippen molar-refractivity contribution in [2.75, 3.05) is 0 Å². The van der Waals surface area contributed by atoms with Crippen molar-refractivity contribution in [3.8, 4) is 0 Å². The third kappa shape index (κ3) is 40.0. The van der Waals surface area contributed by atoms with Crippen LogP contribution >= 0.6 is 0 Å². The normalized spacial score (nSPS) is 11.6. The maximum atomic E-state index is 2.59. The molecule has 0 spiro atoms. The van der Waals surface area contributed by atoms with Gasteiger partial charge in [0.15, 0.2) is 0 Å². The second-order valence-corrected chi connectivity index (χ2v) is 14.2. The molecule has 0 saturated heterocycles. The lowest BCUT2D eigenvalue weighted by atomic mass is 10.0. The average molecular weight is 590 g/mol. The largest absolute Gasteiger partial charge is 0.0654 e. The van der Waals surface area contributed by atoms with E-state index in [1.165, 1.54) is 250 Å². The van der Waals surface area contributed by atoms with E-state index in [1.54, 1.807) is 0 Å². The van der Waals surface area contributed by atoms with E-state index in [4.69, 9.17) is 0 Å². The van der Waals surface area contributed by atoms with E-state index in [0.717, 1.165) is 0 Å². The van der Waals surface area contributed by atoms with Crippen LogP contribution in [0, 0.1) is 6.42 Å². The number of unbranched alkanes of at least 4 members (excludes halogenated alkanes) is 39. The topological polar surface area (TPSA) is 0 Å². The van der Waals surface area contributed by atoms with Crippen molar-refractivity contribution in [3.63, 3.8) is 0 Å². The van der Waals surface area contributed by atoms with Gasteiger partial charge < -0.3 is 0 Å². The Bertz CT molecular complexity index is 386. The lowest BCUT2D eigenvalue weighted by Gasteiger charge is -2.05. The zero-order valence-corrected chi connectivity index (χ0v) is 30.2. The summed E-state index contributed by atoms with van der Waals surface area (Å²) in [6.07, 6.45) is 59.9. The summed E-state index contributed by atoms with van der Waals surface area (Å²) in [5.74, 6) is 0. The first-order valence-corrected chi connectivity index (χ1v) is 20.7. The average Bonchev–Trinajstić information content (AvgIpc) is 3.00. The van der Waals surface area contributed by atoms with Gasteiger partial charge in [-0.05, 0) is 6.42 Å². The highest BCUT2D eigenvalue weighted by Crippen LogP contribution is 2.17. The van der Waals surface area contributed by atoms with Gasteiger partial charge in [0.2, 0.25) is 0 Å². The molecule has 0 N–H and O–H groups in total. The SMILES string of the molecule is CCCCCCCCCCCCCC[CH]CCCCCCCCCCCCCCCCCCCCCCCCCCC. The molecule has 0 bridgehead atoms. The molecule has 0 aliphatic heterocycles. The van der Waals surface area contributed by atoms with Gasteiger partial charge in [-0.1, -0.05) is 264 Å². The molecule has 0 aromatic heterocycles. The summed E-state index contributed by atoms with van der Waals surface area (Å²) >= 11 is 0. The van der Waals surface area contributed by atoms with Gasteiger partial charge in [0.25, 0.3) is 0 Å². The fourth-order valence-corrected chi connectivity index (χ4v) is 6.70. The number of rotatable bonds is 39. The van der Waals surface area contributed by atoms with Gasteiger partial charge in [-0.3, -0.25) is 0 Å². The van der Waals surface area contributed by atoms with E-state index in [0.29, 0.717) is 0 Å². The van der Waals surface area contributed by atoms with Crippen LogP contribution in [-0.2, 0) is 0 Å². The molecule has 0 aliphatic carbocycles. The molecule has 253 valence electrons. The van der Waals surface area contributed by atoms with E-state index in [1.807, 2.05) is 0 Å². The summed E-state index contributed by atoms with van der Waals surface area (Å²) in [6, 6.07) is 0. The molecule has 42 heavy (non-hydrogen) atoms. The lowest BCUT2D eigenvalue weighted by molar-refractivity contribution is 0.515. The maximum Gasteiger partial charge on any atom is -0.0386 e. The summed E-state index contributed by atoms with van der Waals surface area (Å²) in [5, 5.41) is 0. The van der Waals surface area contributed by atoms with Crippen LogP contribution in [0.15, 0.2) is 0 Å². The molecular formula is C42H85. The highest BCUT2D eigenvalue weighted by atomic mass is 14.0. The fourth-order valence-electron chi connectivity index (χ4n) is 6.70. The van der Waals surface area contributed by atoms with Gasteiger partial charge in [-0.25, -0.2) is 0 Å². The van der Waals surface area contributed by atoms with E-state index in [2.05, 4.69) is 20.3 Å². The van der Waals surface area contributed by atoms with Crippen LogP contribution in [0.5, 0.6) is 0 Å². The van der Waals surface area contributed by atoms with Crippen molar-refractivity contribution in [1.82, 2.24) is 0 Å². The van der Waals surface area contributed by atoms with Crippen LogP contribution in [0.3, 0.4) is 0 Å². The van der Waals surface area contributed by atoms with Crippen LogP contribution < -0.4 is 0 Å². The zero-order valence-electron chi connectivity index (χ0n) is 30.2. The van der Waals surface area contributed by atoms with Gasteiger partial charge in [0.05, 0.1) is 0 Å². The second kappa shape index (κ2) is 41.0. The molecule has 0 aliphatic rings. The smallest absolute Gasteiger partial charge is 0.0386 e. The summed E-state index contributed by atoms with van der Waals surface area (Å²) in [5.41, 5.74) is 0. The van der Waals surface area contributed by atoms with E-state index in [-0.39, 0.29) is 0 Å². The third-order valence-electron chi connectivity index (χ3n) is 9.77. The van der Waals surface area contributed by atoms with Gasteiger partial charge in [-0.2, -0.15) is 0 Å². The monoisotopic (exact) mass is 590 g/mol. The number of hydrogen-bond donors (Lipinski definition) is 0. The van der Waals surface area contributed by atoms with Crippen molar-refractivity contribution in [2.24, 2.45) is 0 Å². The molecular weight excluding hydrogens is 504 g/mol. The van der Waals surface area contributed by atoms with Crippen LogP contribution in [0.4, 0.5) is 0 Å². The Morgan fingerprint density at radius 1 is 0.190 bits per heavy atom. The predicted octanol–water partition coefficient (Wildman–Crippen LogP) is 16.4. The Morgan fingerprint density at radius 2 is 0.333 bits per heavy atom. The van der Waals surface area contributed by atoms with E-state index < -0.39 is 0 Å². The van der Waals surface area contributed by atoms with Crippen LogP contribution in [0.25, 0.3) is 0 Å². The second-order valence-electron chi connectivity index (χ2n) is 14.2. The van der Waals surface area contributed by atoms with Gasteiger partial charge in [0, 0.05) is 0 Å². The molecule has 0 atom stereocenters. The van der Waals surface area contributed by atoms with Gasteiger partial charge in [-0.15, -0.1) is 0 Å². The summed E-state index contributed by atoms with van der Waals surface area (Å²) < 4.78 is 0. The molecule has 0 saturated carbocycles. The summed E-state index contributed by atoms with van der Waals surface area (Å²) in [4.78, 5) is 0. The maximum absolute atomic E-state index is 2.59. The molecule has 0 rings (SSSR count). The Labute approximate surface area is 270 Å². The van der Waals surface area contributed by atoms with Gasteiger partial charge in [0.1, 0.15) is 0 Å². The van der Waals surface area contributed by atoms with Crippen molar-refractivity contribution >= 4 is 0 Å². The molecule has 0 aromatic rings. The first kappa shape index (κ1) is 42.0.